The molecule has 0 atom stereocenters. The van der Waals surface area contributed by atoms with Crippen molar-refractivity contribution in [2.45, 2.75) is 6.92 Å². The van der Waals surface area contributed by atoms with E-state index in [0.29, 0.717) is 5.75 Å². The van der Waals surface area contributed by atoms with E-state index in [1.807, 2.05) is 18.2 Å². The molecule has 1 aromatic rings. The molecule has 0 aromatic heterocycles. The summed E-state index contributed by atoms with van der Waals surface area (Å²) < 4.78 is 4.78. The molecular formula is C8H8AlO2+3. The summed E-state index contributed by atoms with van der Waals surface area (Å²) in [6.07, 6.45) is 0. The molecule has 0 amide bonds. The Morgan fingerprint density at radius 3 is 2.27 bits per heavy atom. The molecule has 1 rings (SSSR count). The third kappa shape index (κ3) is 3.82. The van der Waals surface area contributed by atoms with Gasteiger partial charge in [0.1, 0.15) is 5.75 Å². The van der Waals surface area contributed by atoms with E-state index in [0.717, 1.165) is 0 Å². The molecule has 52 valence electrons. The van der Waals surface area contributed by atoms with Gasteiger partial charge in [0.2, 0.25) is 0 Å². The summed E-state index contributed by atoms with van der Waals surface area (Å²) in [4.78, 5) is 10.4. The van der Waals surface area contributed by atoms with Crippen LogP contribution in [0.25, 0.3) is 0 Å². The average molecular weight is 163 g/mol. The molecule has 0 N–H and O–H groups in total. The molecule has 1 aromatic carbocycles. The fourth-order valence-electron chi connectivity index (χ4n) is 0.655. The van der Waals surface area contributed by atoms with E-state index in [1.54, 1.807) is 12.1 Å². The molecule has 11 heavy (non-hydrogen) atoms. The molecule has 0 bridgehead atoms. The standard InChI is InChI=1S/C8H8O2.Al/c1-7(9)10-8-5-3-2-4-6-8;/h2-6H,1H3;/q;+3. The molecule has 0 aliphatic rings. The van der Waals surface area contributed by atoms with Crippen molar-refractivity contribution in [1.29, 1.82) is 0 Å². The van der Waals surface area contributed by atoms with Crippen molar-refractivity contribution in [3.63, 3.8) is 0 Å². The molecule has 0 fully saturated rings. The number of rotatable bonds is 1. The second kappa shape index (κ2) is 4.95. The number of carbonyl (C=O) groups is 1. The van der Waals surface area contributed by atoms with Crippen LogP contribution in [0.5, 0.6) is 5.75 Å². The molecule has 0 saturated carbocycles. The SMILES string of the molecule is CC(=O)Oc1ccccc1.[Al+3]. The van der Waals surface area contributed by atoms with Crippen molar-refractivity contribution in [3.8, 4) is 5.75 Å². The third-order valence-corrected chi connectivity index (χ3v) is 1.00. The molecule has 0 heterocycles. The molecule has 0 aliphatic heterocycles. The van der Waals surface area contributed by atoms with Gasteiger partial charge >= 0.3 is 23.3 Å². The van der Waals surface area contributed by atoms with Crippen LogP contribution in [0.1, 0.15) is 6.92 Å². The molecule has 0 radical (unpaired) electrons. The van der Waals surface area contributed by atoms with Crippen LogP contribution in [0.3, 0.4) is 0 Å². The van der Waals surface area contributed by atoms with Gasteiger partial charge in [0, 0.05) is 6.92 Å². The molecule has 2 nitrogen and oxygen atoms in total. The predicted octanol–water partition coefficient (Wildman–Crippen LogP) is 1.23. The predicted molar refractivity (Wildman–Crippen MR) is 43.5 cm³/mol. The summed E-state index contributed by atoms with van der Waals surface area (Å²) in [5.41, 5.74) is 0. The minimum atomic E-state index is -0.286. The topological polar surface area (TPSA) is 26.3 Å². The molecule has 3 heteroatoms. The zero-order valence-electron chi connectivity index (χ0n) is 6.28. The van der Waals surface area contributed by atoms with Gasteiger partial charge in [-0.3, -0.25) is 4.79 Å². The Kier molecular flexibility index (Phi) is 4.60. The minimum Gasteiger partial charge on any atom is -0.427 e. The number of hydrogen-bond acceptors (Lipinski definition) is 2. The van der Waals surface area contributed by atoms with E-state index in [4.69, 9.17) is 4.74 Å². The van der Waals surface area contributed by atoms with Crippen LogP contribution in [0.4, 0.5) is 0 Å². The maximum absolute atomic E-state index is 10.4. The summed E-state index contributed by atoms with van der Waals surface area (Å²) in [7, 11) is 0. The first kappa shape index (κ1) is 10.2. The minimum absolute atomic E-state index is 0. The first-order chi connectivity index (χ1) is 4.79. The van der Waals surface area contributed by atoms with Crippen molar-refractivity contribution in [2.24, 2.45) is 0 Å². The van der Waals surface area contributed by atoms with E-state index in [1.165, 1.54) is 6.92 Å². The van der Waals surface area contributed by atoms with Crippen LogP contribution < -0.4 is 4.74 Å². The van der Waals surface area contributed by atoms with Gasteiger partial charge in [0.05, 0.1) is 0 Å². The first-order valence-electron chi connectivity index (χ1n) is 3.02. The van der Waals surface area contributed by atoms with Crippen LogP contribution >= 0.6 is 0 Å². The summed E-state index contributed by atoms with van der Waals surface area (Å²) >= 11 is 0. The largest absolute Gasteiger partial charge is 3.00 e. The van der Waals surface area contributed by atoms with Gasteiger partial charge in [-0.15, -0.1) is 0 Å². The summed E-state index contributed by atoms with van der Waals surface area (Å²) in [5.74, 6) is 0.307. The van der Waals surface area contributed by atoms with Crippen molar-refractivity contribution in [1.82, 2.24) is 0 Å². The third-order valence-electron chi connectivity index (χ3n) is 1.00. The van der Waals surface area contributed by atoms with E-state index >= 15 is 0 Å². The van der Waals surface area contributed by atoms with Gasteiger partial charge in [-0.1, -0.05) is 18.2 Å². The van der Waals surface area contributed by atoms with E-state index < -0.39 is 0 Å². The normalized spacial score (nSPS) is 8.09. The van der Waals surface area contributed by atoms with E-state index in [9.17, 15) is 4.79 Å². The second-order valence-electron chi connectivity index (χ2n) is 1.91. The zero-order valence-corrected chi connectivity index (χ0v) is 7.44. The Morgan fingerprint density at radius 1 is 1.27 bits per heavy atom. The molecule has 0 unspecified atom stereocenters. The molecule has 0 aliphatic carbocycles. The van der Waals surface area contributed by atoms with Crippen molar-refractivity contribution >= 4 is 23.3 Å². The van der Waals surface area contributed by atoms with Crippen LogP contribution in [0.2, 0.25) is 0 Å². The van der Waals surface area contributed by atoms with Crippen LogP contribution in [0, 0.1) is 0 Å². The number of carbonyl (C=O) groups excluding carboxylic acids is 1. The van der Waals surface area contributed by atoms with Gasteiger partial charge in [0.25, 0.3) is 0 Å². The summed E-state index contributed by atoms with van der Waals surface area (Å²) in [6.45, 7) is 1.38. The molecular weight excluding hydrogens is 155 g/mol. The van der Waals surface area contributed by atoms with E-state index in [2.05, 4.69) is 0 Å². The van der Waals surface area contributed by atoms with Crippen LogP contribution in [-0.4, -0.2) is 23.3 Å². The van der Waals surface area contributed by atoms with Gasteiger partial charge in [-0.25, -0.2) is 0 Å². The van der Waals surface area contributed by atoms with Gasteiger partial charge in [-0.2, -0.15) is 0 Å². The summed E-state index contributed by atoms with van der Waals surface area (Å²) in [5, 5.41) is 0. The Morgan fingerprint density at radius 2 is 1.82 bits per heavy atom. The zero-order chi connectivity index (χ0) is 7.40. The molecule has 0 spiro atoms. The van der Waals surface area contributed by atoms with Gasteiger partial charge < -0.3 is 4.74 Å². The second-order valence-corrected chi connectivity index (χ2v) is 1.91. The van der Waals surface area contributed by atoms with Crippen LogP contribution in [-0.2, 0) is 4.79 Å². The maximum atomic E-state index is 10.4. The average Bonchev–Trinajstić information content (AvgIpc) is 1.88. The quantitative estimate of drug-likeness (QED) is 0.353. The van der Waals surface area contributed by atoms with Gasteiger partial charge in [0.15, 0.2) is 0 Å². The van der Waals surface area contributed by atoms with Crippen molar-refractivity contribution < 1.29 is 9.53 Å². The Balaban J connectivity index is 0.000001000. The van der Waals surface area contributed by atoms with Crippen molar-refractivity contribution in [3.05, 3.63) is 30.3 Å². The Hall–Kier alpha value is -0.778. The van der Waals surface area contributed by atoms with E-state index in [-0.39, 0.29) is 23.3 Å². The maximum Gasteiger partial charge on any atom is 3.00 e. The monoisotopic (exact) mass is 163 g/mol. The summed E-state index contributed by atoms with van der Waals surface area (Å²) in [6, 6.07) is 8.98. The number of ether oxygens (including phenoxy) is 1. The van der Waals surface area contributed by atoms with Crippen molar-refractivity contribution in [2.75, 3.05) is 0 Å². The fraction of sp³-hybridized carbons (Fsp3) is 0.125. The Bertz CT molecular complexity index is 221. The first-order valence-corrected chi connectivity index (χ1v) is 3.02. The smallest absolute Gasteiger partial charge is 0.427 e. The van der Waals surface area contributed by atoms with Gasteiger partial charge in [-0.05, 0) is 12.1 Å². The van der Waals surface area contributed by atoms with Crippen LogP contribution in [0.15, 0.2) is 30.3 Å². The number of benzene rings is 1. The Labute approximate surface area is 76.3 Å². The number of para-hydroxylation sites is 1. The number of esters is 1. The number of hydrogen-bond donors (Lipinski definition) is 0. The fourth-order valence-corrected chi connectivity index (χ4v) is 0.655. The molecule has 0 saturated heterocycles.